The van der Waals surface area contributed by atoms with Crippen LogP contribution in [0.4, 0.5) is 0 Å². The lowest BCUT2D eigenvalue weighted by Gasteiger charge is -2.28. The summed E-state index contributed by atoms with van der Waals surface area (Å²) in [5, 5.41) is 8.78. The van der Waals surface area contributed by atoms with E-state index in [2.05, 4.69) is 0 Å². The van der Waals surface area contributed by atoms with E-state index in [9.17, 15) is 4.79 Å². The van der Waals surface area contributed by atoms with Crippen LogP contribution in [-0.2, 0) is 14.3 Å². The van der Waals surface area contributed by atoms with Crippen molar-refractivity contribution < 1.29 is 19.4 Å². The minimum absolute atomic E-state index is 0.168. The zero-order chi connectivity index (χ0) is 11.9. The first-order valence-electron chi connectivity index (χ1n) is 5.22. The maximum Gasteiger partial charge on any atom is 0.332 e. The van der Waals surface area contributed by atoms with Gasteiger partial charge in [0.15, 0.2) is 6.10 Å². The Hall–Kier alpha value is -0.610. The number of carbonyl (C=O) groups is 1. The normalized spacial score (nSPS) is 30.1. The van der Waals surface area contributed by atoms with Crippen LogP contribution in [-0.4, -0.2) is 34.5 Å². The van der Waals surface area contributed by atoms with Crippen molar-refractivity contribution >= 4 is 5.97 Å². The number of carboxylic acids is 1. The SMILES string of the molecule is C[C@H](OC1CC(C)(C)OC1(C)C)C(=O)O. The highest BCUT2D eigenvalue weighted by Crippen LogP contribution is 2.39. The van der Waals surface area contributed by atoms with E-state index in [0.29, 0.717) is 0 Å². The lowest BCUT2D eigenvalue weighted by molar-refractivity contribution is -0.160. The molecule has 1 N–H and O–H groups in total. The van der Waals surface area contributed by atoms with E-state index in [1.807, 2.05) is 27.7 Å². The van der Waals surface area contributed by atoms with Gasteiger partial charge in [-0.15, -0.1) is 0 Å². The molecule has 0 amide bonds. The third kappa shape index (κ3) is 2.92. The van der Waals surface area contributed by atoms with Gasteiger partial charge in [0, 0.05) is 6.42 Å². The summed E-state index contributed by atoms with van der Waals surface area (Å²) in [6.07, 6.45) is -0.233. The minimum atomic E-state index is -0.935. The third-order valence-corrected chi connectivity index (χ3v) is 2.71. The highest BCUT2D eigenvalue weighted by molar-refractivity contribution is 5.71. The van der Waals surface area contributed by atoms with Crippen molar-refractivity contribution in [2.24, 2.45) is 0 Å². The molecule has 4 nitrogen and oxygen atoms in total. The van der Waals surface area contributed by atoms with Crippen LogP contribution in [0, 0.1) is 0 Å². The van der Waals surface area contributed by atoms with Gasteiger partial charge in [-0.1, -0.05) is 0 Å². The Labute approximate surface area is 90.6 Å². The molecule has 0 aromatic rings. The summed E-state index contributed by atoms with van der Waals surface area (Å²) in [6, 6.07) is 0. The van der Waals surface area contributed by atoms with Gasteiger partial charge in [0.2, 0.25) is 0 Å². The molecule has 0 aliphatic carbocycles. The molecule has 0 bridgehead atoms. The van der Waals surface area contributed by atoms with Gasteiger partial charge in [-0.25, -0.2) is 4.79 Å². The van der Waals surface area contributed by atoms with Crippen LogP contribution in [0.1, 0.15) is 41.0 Å². The van der Waals surface area contributed by atoms with Crippen molar-refractivity contribution in [2.75, 3.05) is 0 Å². The molecule has 0 aromatic heterocycles. The molecule has 1 heterocycles. The summed E-state index contributed by atoms with van der Waals surface area (Å²) < 4.78 is 11.3. The fourth-order valence-electron chi connectivity index (χ4n) is 2.03. The van der Waals surface area contributed by atoms with E-state index < -0.39 is 17.7 Å². The highest BCUT2D eigenvalue weighted by atomic mass is 16.6. The number of ether oxygens (including phenoxy) is 2. The smallest absolute Gasteiger partial charge is 0.332 e. The van der Waals surface area contributed by atoms with Gasteiger partial charge in [-0.2, -0.15) is 0 Å². The lowest BCUT2D eigenvalue weighted by Crippen LogP contribution is -2.38. The van der Waals surface area contributed by atoms with Crippen LogP contribution < -0.4 is 0 Å². The van der Waals surface area contributed by atoms with Crippen LogP contribution in [0.3, 0.4) is 0 Å². The first-order chi connectivity index (χ1) is 6.64. The lowest BCUT2D eigenvalue weighted by atomic mass is 9.97. The molecule has 0 saturated carbocycles. The molecule has 15 heavy (non-hydrogen) atoms. The number of aliphatic carboxylic acids is 1. The molecule has 1 fully saturated rings. The van der Waals surface area contributed by atoms with E-state index in [0.717, 1.165) is 6.42 Å². The van der Waals surface area contributed by atoms with Crippen LogP contribution >= 0.6 is 0 Å². The number of carboxylic acid groups (broad SMARTS) is 1. The quantitative estimate of drug-likeness (QED) is 0.781. The first-order valence-corrected chi connectivity index (χ1v) is 5.22. The Balaban J connectivity index is 2.67. The van der Waals surface area contributed by atoms with Crippen LogP contribution in [0.15, 0.2) is 0 Å². The largest absolute Gasteiger partial charge is 0.479 e. The van der Waals surface area contributed by atoms with Crippen LogP contribution in [0.2, 0.25) is 0 Å². The molecule has 88 valence electrons. The second kappa shape index (κ2) is 3.76. The highest BCUT2D eigenvalue weighted by Gasteiger charge is 2.47. The van der Waals surface area contributed by atoms with Crippen LogP contribution in [0.25, 0.3) is 0 Å². The molecular weight excluding hydrogens is 196 g/mol. The summed E-state index contributed by atoms with van der Waals surface area (Å²) in [4.78, 5) is 10.7. The van der Waals surface area contributed by atoms with Crippen LogP contribution in [0.5, 0.6) is 0 Å². The summed E-state index contributed by atoms with van der Waals surface area (Å²) >= 11 is 0. The molecule has 1 aliphatic heterocycles. The molecule has 0 radical (unpaired) electrons. The predicted octanol–water partition coefficient (Wildman–Crippen LogP) is 1.82. The van der Waals surface area contributed by atoms with Crippen molar-refractivity contribution in [1.29, 1.82) is 0 Å². The van der Waals surface area contributed by atoms with E-state index in [-0.39, 0.29) is 11.7 Å². The Bertz CT molecular complexity index is 257. The van der Waals surface area contributed by atoms with Gasteiger partial charge < -0.3 is 14.6 Å². The van der Waals surface area contributed by atoms with Gasteiger partial charge in [-0.05, 0) is 34.6 Å². The third-order valence-electron chi connectivity index (χ3n) is 2.71. The summed E-state index contributed by atoms with van der Waals surface area (Å²) in [5.41, 5.74) is -0.667. The molecular formula is C11H20O4. The van der Waals surface area contributed by atoms with Gasteiger partial charge in [0.05, 0.1) is 17.3 Å². The average Bonchev–Trinajstić information content (AvgIpc) is 2.18. The summed E-state index contributed by atoms with van der Waals surface area (Å²) in [5.74, 6) is -0.935. The van der Waals surface area contributed by atoms with Crippen molar-refractivity contribution in [3.8, 4) is 0 Å². The van der Waals surface area contributed by atoms with E-state index in [1.54, 1.807) is 6.92 Å². The van der Waals surface area contributed by atoms with Gasteiger partial charge in [-0.3, -0.25) is 0 Å². The van der Waals surface area contributed by atoms with Crippen molar-refractivity contribution in [1.82, 2.24) is 0 Å². The Morgan fingerprint density at radius 3 is 2.33 bits per heavy atom. The Morgan fingerprint density at radius 1 is 1.47 bits per heavy atom. The molecule has 1 unspecified atom stereocenters. The summed E-state index contributed by atoms with van der Waals surface area (Å²) in [6.45, 7) is 9.39. The standard InChI is InChI=1S/C11H20O4/c1-7(9(12)13)14-8-6-10(2,3)15-11(8,4)5/h7-8H,6H2,1-5H3,(H,12,13)/t7-,8?/m0/s1. The second-order valence-corrected chi connectivity index (χ2v) is 5.27. The van der Waals surface area contributed by atoms with E-state index >= 15 is 0 Å². The molecule has 1 aliphatic rings. The van der Waals surface area contributed by atoms with Crippen molar-refractivity contribution in [3.05, 3.63) is 0 Å². The zero-order valence-corrected chi connectivity index (χ0v) is 10.0. The fraction of sp³-hybridized carbons (Fsp3) is 0.909. The Morgan fingerprint density at radius 2 is 2.00 bits per heavy atom. The maximum atomic E-state index is 10.7. The van der Waals surface area contributed by atoms with E-state index in [1.165, 1.54) is 0 Å². The number of rotatable bonds is 3. The first kappa shape index (κ1) is 12.5. The average molecular weight is 216 g/mol. The molecule has 2 atom stereocenters. The van der Waals surface area contributed by atoms with Gasteiger partial charge in [0.1, 0.15) is 0 Å². The fourth-order valence-corrected chi connectivity index (χ4v) is 2.03. The molecule has 1 saturated heterocycles. The van der Waals surface area contributed by atoms with Crippen molar-refractivity contribution in [2.45, 2.75) is 64.4 Å². The predicted molar refractivity (Wildman–Crippen MR) is 55.8 cm³/mol. The van der Waals surface area contributed by atoms with Gasteiger partial charge in [0.25, 0.3) is 0 Å². The monoisotopic (exact) mass is 216 g/mol. The van der Waals surface area contributed by atoms with E-state index in [4.69, 9.17) is 14.6 Å². The Kier molecular flexibility index (Phi) is 3.12. The van der Waals surface area contributed by atoms with Gasteiger partial charge >= 0.3 is 5.97 Å². The van der Waals surface area contributed by atoms with Crippen molar-refractivity contribution in [3.63, 3.8) is 0 Å². The topological polar surface area (TPSA) is 55.8 Å². The number of hydrogen-bond acceptors (Lipinski definition) is 3. The molecule has 0 aromatic carbocycles. The zero-order valence-electron chi connectivity index (χ0n) is 10.0. The maximum absolute atomic E-state index is 10.7. The molecule has 0 spiro atoms. The molecule has 4 heteroatoms. The molecule has 1 rings (SSSR count). The summed E-state index contributed by atoms with van der Waals surface area (Å²) in [7, 11) is 0. The number of hydrogen-bond donors (Lipinski definition) is 1. The minimum Gasteiger partial charge on any atom is -0.479 e. The second-order valence-electron chi connectivity index (χ2n) is 5.27.